The molecule has 1 heterocycles. The Bertz CT molecular complexity index is 436. The van der Waals surface area contributed by atoms with E-state index in [1.54, 1.807) is 18.2 Å². The van der Waals surface area contributed by atoms with E-state index in [0.29, 0.717) is 5.56 Å². The molecule has 0 radical (unpaired) electrons. The predicted octanol–water partition coefficient (Wildman–Crippen LogP) is 1.91. The zero-order chi connectivity index (χ0) is 10.1. The Morgan fingerprint density at radius 2 is 2.36 bits per heavy atom. The lowest BCUT2D eigenvalue weighted by Gasteiger charge is -2.03. The Kier molecular flexibility index (Phi) is 2.18. The fourth-order valence-corrected chi connectivity index (χ4v) is 2.26. The van der Waals surface area contributed by atoms with E-state index >= 15 is 0 Å². The van der Waals surface area contributed by atoms with E-state index in [1.807, 2.05) is 6.26 Å². The zero-order valence-electron chi connectivity index (χ0n) is 7.57. The summed E-state index contributed by atoms with van der Waals surface area (Å²) in [5.41, 5.74) is 2.34. The Morgan fingerprint density at radius 1 is 1.57 bits per heavy atom. The summed E-state index contributed by atoms with van der Waals surface area (Å²) < 4.78 is 0. The smallest absolute Gasteiger partial charge is 0.242 e. The maximum atomic E-state index is 11.4. The molecule has 1 amide bonds. The highest BCUT2D eigenvalue weighted by atomic mass is 32.2. The van der Waals surface area contributed by atoms with Gasteiger partial charge in [0.2, 0.25) is 5.91 Å². The lowest BCUT2D eigenvalue weighted by atomic mass is 10.1. The van der Waals surface area contributed by atoms with Crippen LogP contribution in [-0.2, 0) is 4.79 Å². The van der Waals surface area contributed by atoms with Gasteiger partial charge in [0.15, 0.2) is 0 Å². The number of thioether (sulfide) groups is 1. The van der Waals surface area contributed by atoms with E-state index in [2.05, 4.69) is 11.4 Å². The van der Waals surface area contributed by atoms with E-state index in [1.165, 1.54) is 11.8 Å². The number of hydrogen-bond acceptors (Lipinski definition) is 3. The summed E-state index contributed by atoms with van der Waals surface area (Å²) in [5, 5.41) is 11.3. The third-order valence-electron chi connectivity index (χ3n) is 2.19. The van der Waals surface area contributed by atoms with Gasteiger partial charge in [-0.05, 0) is 30.0 Å². The van der Waals surface area contributed by atoms with Crippen molar-refractivity contribution in [3.8, 4) is 6.07 Å². The minimum Gasteiger partial charge on any atom is -0.325 e. The number of nitrogens with one attached hydrogen (secondary N) is 1. The van der Waals surface area contributed by atoms with Crippen LogP contribution >= 0.6 is 11.8 Å². The average Bonchev–Trinajstić information content (AvgIpc) is 2.52. The van der Waals surface area contributed by atoms with Crippen molar-refractivity contribution < 1.29 is 4.79 Å². The zero-order valence-corrected chi connectivity index (χ0v) is 8.39. The Labute approximate surface area is 86.1 Å². The van der Waals surface area contributed by atoms with Gasteiger partial charge in [-0.25, -0.2) is 0 Å². The molecule has 4 heteroatoms. The van der Waals surface area contributed by atoms with Gasteiger partial charge in [0.1, 0.15) is 5.25 Å². The number of amides is 1. The molecule has 0 aliphatic carbocycles. The number of carbonyl (C=O) groups is 1. The summed E-state index contributed by atoms with van der Waals surface area (Å²) in [6, 6.07) is 7.33. The molecular weight excluding hydrogens is 196 g/mol. The van der Waals surface area contributed by atoms with Crippen LogP contribution in [0.3, 0.4) is 0 Å². The second-order valence-electron chi connectivity index (χ2n) is 3.02. The number of rotatable bonds is 1. The average molecular weight is 204 g/mol. The van der Waals surface area contributed by atoms with E-state index in [0.717, 1.165) is 11.3 Å². The van der Waals surface area contributed by atoms with Crippen LogP contribution in [0.4, 0.5) is 5.69 Å². The monoisotopic (exact) mass is 204 g/mol. The summed E-state index contributed by atoms with van der Waals surface area (Å²) in [4.78, 5) is 11.4. The SMILES string of the molecule is CS[C@@H]1C(=O)Nc2ccc(C#N)cc21. The molecule has 1 aromatic rings. The van der Waals surface area contributed by atoms with Crippen LogP contribution < -0.4 is 5.32 Å². The van der Waals surface area contributed by atoms with Gasteiger partial charge in [-0.1, -0.05) is 0 Å². The molecule has 1 N–H and O–H groups in total. The first kappa shape index (κ1) is 9.10. The molecular formula is C10H8N2OS. The lowest BCUT2D eigenvalue weighted by molar-refractivity contribution is -0.115. The fraction of sp³-hybridized carbons (Fsp3) is 0.200. The third-order valence-corrected chi connectivity index (χ3v) is 3.13. The first-order chi connectivity index (χ1) is 6.76. The molecule has 0 unspecified atom stereocenters. The molecule has 0 aromatic heterocycles. The summed E-state index contributed by atoms with van der Waals surface area (Å²) in [6.07, 6.45) is 1.89. The first-order valence-electron chi connectivity index (χ1n) is 4.14. The number of benzene rings is 1. The number of fused-ring (bicyclic) bond motifs is 1. The van der Waals surface area contributed by atoms with Gasteiger partial charge in [0.25, 0.3) is 0 Å². The Balaban J connectivity index is 2.51. The highest BCUT2D eigenvalue weighted by Gasteiger charge is 2.29. The topological polar surface area (TPSA) is 52.9 Å². The lowest BCUT2D eigenvalue weighted by Crippen LogP contribution is -2.08. The van der Waals surface area contributed by atoms with Crippen LogP contribution in [0.15, 0.2) is 18.2 Å². The normalized spacial score (nSPS) is 18.6. The van der Waals surface area contributed by atoms with Crippen molar-refractivity contribution in [3.05, 3.63) is 29.3 Å². The molecule has 0 fully saturated rings. The van der Waals surface area contributed by atoms with Crippen molar-refractivity contribution in [1.29, 1.82) is 5.26 Å². The molecule has 1 atom stereocenters. The van der Waals surface area contributed by atoms with E-state index in [4.69, 9.17) is 5.26 Å². The van der Waals surface area contributed by atoms with Gasteiger partial charge in [-0.2, -0.15) is 5.26 Å². The molecule has 70 valence electrons. The van der Waals surface area contributed by atoms with Crippen molar-refractivity contribution in [2.24, 2.45) is 0 Å². The Morgan fingerprint density at radius 3 is 3.00 bits per heavy atom. The van der Waals surface area contributed by atoms with E-state index in [9.17, 15) is 4.79 Å². The molecule has 0 bridgehead atoms. The standard InChI is InChI=1S/C10H8N2OS/c1-14-9-7-4-6(5-11)2-3-8(7)12-10(9)13/h2-4,9H,1H3,(H,12,13)/t9-/m0/s1. The highest BCUT2D eigenvalue weighted by molar-refractivity contribution is 7.99. The summed E-state index contributed by atoms with van der Waals surface area (Å²) in [7, 11) is 0. The summed E-state index contributed by atoms with van der Waals surface area (Å²) >= 11 is 1.48. The molecule has 0 spiro atoms. The van der Waals surface area contributed by atoms with E-state index < -0.39 is 0 Å². The molecule has 0 saturated carbocycles. The van der Waals surface area contributed by atoms with Crippen LogP contribution in [0, 0.1) is 11.3 Å². The van der Waals surface area contributed by atoms with Gasteiger partial charge < -0.3 is 5.32 Å². The van der Waals surface area contributed by atoms with Crippen molar-refractivity contribution in [3.63, 3.8) is 0 Å². The van der Waals surface area contributed by atoms with Crippen molar-refractivity contribution in [1.82, 2.24) is 0 Å². The maximum Gasteiger partial charge on any atom is 0.242 e. The van der Waals surface area contributed by atoms with Crippen LogP contribution in [-0.4, -0.2) is 12.2 Å². The summed E-state index contributed by atoms with van der Waals surface area (Å²) in [6.45, 7) is 0. The summed E-state index contributed by atoms with van der Waals surface area (Å²) in [5.74, 6) is 0.00240. The van der Waals surface area contributed by atoms with Gasteiger partial charge in [0, 0.05) is 5.69 Å². The van der Waals surface area contributed by atoms with Crippen molar-refractivity contribution in [2.45, 2.75) is 5.25 Å². The number of hydrogen-bond donors (Lipinski definition) is 1. The largest absolute Gasteiger partial charge is 0.325 e. The number of nitriles is 1. The number of anilines is 1. The maximum absolute atomic E-state index is 11.4. The fourth-order valence-electron chi connectivity index (χ4n) is 1.54. The van der Waals surface area contributed by atoms with Crippen molar-refractivity contribution in [2.75, 3.05) is 11.6 Å². The molecule has 3 nitrogen and oxygen atoms in total. The first-order valence-corrected chi connectivity index (χ1v) is 5.42. The minimum atomic E-state index is -0.168. The molecule has 1 aliphatic rings. The predicted molar refractivity (Wildman–Crippen MR) is 56.0 cm³/mol. The third kappa shape index (κ3) is 1.26. The molecule has 1 aliphatic heterocycles. The molecule has 2 rings (SSSR count). The highest BCUT2D eigenvalue weighted by Crippen LogP contribution is 2.38. The second kappa shape index (κ2) is 3.35. The Hall–Kier alpha value is -1.47. The van der Waals surface area contributed by atoms with Gasteiger partial charge in [-0.15, -0.1) is 11.8 Å². The minimum absolute atomic E-state index is 0.00240. The van der Waals surface area contributed by atoms with Crippen LogP contribution in [0.2, 0.25) is 0 Å². The van der Waals surface area contributed by atoms with Gasteiger partial charge in [0.05, 0.1) is 11.6 Å². The van der Waals surface area contributed by atoms with Crippen LogP contribution in [0.25, 0.3) is 0 Å². The molecule has 0 saturated heterocycles. The van der Waals surface area contributed by atoms with Gasteiger partial charge >= 0.3 is 0 Å². The van der Waals surface area contributed by atoms with Crippen LogP contribution in [0.1, 0.15) is 16.4 Å². The van der Waals surface area contributed by atoms with E-state index in [-0.39, 0.29) is 11.2 Å². The number of carbonyl (C=O) groups excluding carboxylic acids is 1. The second-order valence-corrected chi connectivity index (χ2v) is 3.96. The van der Waals surface area contributed by atoms with Gasteiger partial charge in [-0.3, -0.25) is 4.79 Å². The number of nitrogens with zero attached hydrogens (tertiary/aromatic N) is 1. The van der Waals surface area contributed by atoms with Crippen molar-refractivity contribution >= 4 is 23.4 Å². The quantitative estimate of drug-likeness (QED) is 0.760. The molecule has 14 heavy (non-hydrogen) atoms. The molecule has 1 aromatic carbocycles. The van der Waals surface area contributed by atoms with Crippen LogP contribution in [0.5, 0.6) is 0 Å².